The molecule has 2 nitrogen and oxygen atoms in total. The summed E-state index contributed by atoms with van der Waals surface area (Å²) in [6.07, 6.45) is 5.46. The van der Waals surface area contributed by atoms with Crippen molar-refractivity contribution in [2.75, 3.05) is 25.8 Å². The van der Waals surface area contributed by atoms with Gasteiger partial charge in [-0.2, -0.15) is 0 Å². The Bertz CT molecular complexity index is 181. The van der Waals surface area contributed by atoms with E-state index in [1.165, 1.54) is 25.1 Å². The molecule has 0 aliphatic carbocycles. The Labute approximate surface area is 93.8 Å². The van der Waals surface area contributed by atoms with E-state index in [1.54, 1.807) is 0 Å². The lowest BCUT2D eigenvalue weighted by atomic mass is 10.4. The van der Waals surface area contributed by atoms with Crippen LogP contribution in [0.15, 0.2) is 12.7 Å². The Kier molecular flexibility index (Phi) is 9.65. The average Bonchev–Trinajstić information content (AvgIpc) is 2.11. The molecule has 0 spiro atoms. The van der Waals surface area contributed by atoms with Crippen molar-refractivity contribution < 1.29 is 21.9 Å². The first kappa shape index (κ1) is 16.4. The fraction of sp³-hybridized carbons (Fsp3) is 0.700. The highest BCUT2D eigenvalue weighted by Gasteiger charge is 2.25. The van der Waals surface area contributed by atoms with E-state index in [9.17, 15) is 4.79 Å². The Balaban J connectivity index is 0. The Morgan fingerprint density at radius 1 is 1.50 bits per heavy atom. The molecule has 0 unspecified atom stereocenters. The van der Waals surface area contributed by atoms with Gasteiger partial charge in [-0.3, -0.25) is 0 Å². The minimum Gasteiger partial charge on any atom is -1.00 e. The lowest BCUT2D eigenvalue weighted by Gasteiger charge is -2.16. The van der Waals surface area contributed by atoms with Crippen LogP contribution in [0.3, 0.4) is 0 Å². The molecule has 0 saturated heterocycles. The molecule has 0 heterocycles. The van der Waals surface area contributed by atoms with E-state index in [-0.39, 0.29) is 18.4 Å². The van der Waals surface area contributed by atoms with Crippen LogP contribution in [0, 0.1) is 0 Å². The largest absolute Gasteiger partial charge is 1.00 e. The molecule has 0 atom stereocenters. The van der Waals surface area contributed by atoms with Crippen molar-refractivity contribution in [1.82, 2.24) is 0 Å². The van der Waals surface area contributed by atoms with E-state index in [0.717, 1.165) is 0 Å². The average molecular weight is 239 g/mol. The third-order valence-electron chi connectivity index (χ3n) is 1.84. The number of hydrogen-bond donors (Lipinski definition) is 0. The number of carbonyl (C=O) groups excluding carboxylic acids is 1. The number of halogens is 1. The van der Waals surface area contributed by atoms with Crippen LogP contribution in [0.5, 0.6) is 0 Å². The van der Waals surface area contributed by atoms with Gasteiger partial charge in [0, 0.05) is 13.3 Å². The van der Waals surface area contributed by atoms with Gasteiger partial charge in [0.25, 0.3) is 0 Å². The number of carbonyl (C=O) groups is 1. The van der Waals surface area contributed by atoms with Gasteiger partial charge < -0.3 is 17.1 Å². The topological polar surface area (TPSA) is 26.3 Å². The Morgan fingerprint density at radius 2 is 2.07 bits per heavy atom. The van der Waals surface area contributed by atoms with Gasteiger partial charge in [-0.25, -0.2) is 4.79 Å². The molecule has 14 heavy (non-hydrogen) atoms. The van der Waals surface area contributed by atoms with Crippen LogP contribution in [0.4, 0.5) is 0 Å². The minimum atomic E-state index is -1.02. The van der Waals surface area contributed by atoms with Gasteiger partial charge in [0.1, 0.15) is 0 Å². The van der Waals surface area contributed by atoms with E-state index in [1.807, 2.05) is 0 Å². The van der Waals surface area contributed by atoms with Gasteiger partial charge in [-0.05, 0) is 6.42 Å². The molecule has 0 fully saturated rings. The second-order valence-corrected chi connectivity index (χ2v) is 8.39. The molecule has 0 rings (SSSR count). The third-order valence-corrected chi connectivity index (χ3v) is 4.19. The second-order valence-electron chi connectivity index (χ2n) is 3.81. The molecule has 0 aliphatic heterocycles. The number of ether oxygens (including phenoxy) is 1. The second kappa shape index (κ2) is 8.26. The zero-order valence-corrected chi connectivity index (χ0v) is 10.9. The summed E-state index contributed by atoms with van der Waals surface area (Å²) in [5, 5.41) is 0. The molecule has 0 aromatic heterocycles. The summed E-state index contributed by atoms with van der Waals surface area (Å²) in [6.45, 7) is 9.98. The quantitative estimate of drug-likeness (QED) is 0.363. The summed E-state index contributed by atoms with van der Waals surface area (Å²) >= 11 is 0. The highest BCUT2D eigenvalue weighted by Crippen LogP contribution is 2.51. The highest BCUT2D eigenvalue weighted by molar-refractivity contribution is 7.74. The van der Waals surface area contributed by atoms with Crippen LogP contribution in [-0.4, -0.2) is 31.8 Å². The lowest BCUT2D eigenvalue weighted by molar-refractivity contribution is -0.135. The first-order chi connectivity index (χ1) is 6.02. The molecular weight excluding hydrogens is 219 g/mol. The van der Waals surface area contributed by atoms with Crippen molar-refractivity contribution in [3.05, 3.63) is 12.7 Å². The summed E-state index contributed by atoms with van der Waals surface area (Å²) in [5.74, 6) is -0.301. The molecule has 0 N–H and O–H groups in total. The number of unbranched alkanes of at least 4 members (excludes halogenated alkanes) is 1. The fourth-order valence-corrected chi connectivity index (χ4v) is 2.73. The summed E-state index contributed by atoms with van der Waals surface area (Å²) in [6, 6.07) is 0. The zero-order chi connectivity index (χ0) is 10.3. The van der Waals surface area contributed by atoms with Crippen molar-refractivity contribution in [2.45, 2.75) is 19.8 Å². The van der Waals surface area contributed by atoms with E-state index in [2.05, 4.69) is 26.8 Å². The fourth-order valence-electron chi connectivity index (χ4n) is 0.948. The molecule has 0 amide bonds. The van der Waals surface area contributed by atoms with Gasteiger partial charge in [-0.1, -0.05) is 19.9 Å². The van der Waals surface area contributed by atoms with Crippen molar-refractivity contribution in [3.63, 3.8) is 0 Å². The predicted octanol–water partition coefficient (Wildman–Crippen LogP) is -0.246. The van der Waals surface area contributed by atoms with Crippen LogP contribution < -0.4 is 12.4 Å². The van der Waals surface area contributed by atoms with Crippen molar-refractivity contribution in [2.24, 2.45) is 0 Å². The smallest absolute Gasteiger partial charge is 0.333 e. The van der Waals surface area contributed by atoms with Crippen LogP contribution in [0.25, 0.3) is 0 Å². The molecule has 84 valence electrons. The molecule has 0 saturated carbocycles. The van der Waals surface area contributed by atoms with E-state index < -0.39 is 7.26 Å². The van der Waals surface area contributed by atoms with Gasteiger partial charge in [-0.15, -0.1) is 0 Å². The summed E-state index contributed by atoms with van der Waals surface area (Å²) < 4.78 is 5.05. The molecule has 0 aromatic rings. The van der Waals surface area contributed by atoms with E-state index in [0.29, 0.717) is 6.35 Å². The zero-order valence-electron chi connectivity index (χ0n) is 9.25. The highest BCUT2D eigenvalue weighted by atomic mass is 35.5. The SMILES string of the molecule is C=CC(=O)OC[P+](C)(C)CCCC.[Cl-]. The number of rotatable bonds is 6. The normalized spacial score (nSPS) is 10.2. The first-order valence-electron chi connectivity index (χ1n) is 4.63. The van der Waals surface area contributed by atoms with Crippen molar-refractivity contribution in [3.8, 4) is 0 Å². The van der Waals surface area contributed by atoms with E-state index in [4.69, 9.17) is 4.74 Å². The minimum absolute atomic E-state index is 0. The molecule has 0 bridgehead atoms. The molecule has 0 aliphatic rings. The summed E-state index contributed by atoms with van der Waals surface area (Å²) in [4.78, 5) is 10.8. The van der Waals surface area contributed by atoms with E-state index >= 15 is 0 Å². The van der Waals surface area contributed by atoms with Crippen LogP contribution in [0.2, 0.25) is 0 Å². The molecule has 0 radical (unpaired) electrons. The summed E-state index contributed by atoms with van der Waals surface area (Å²) in [7, 11) is -1.02. The number of esters is 1. The third kappa shape index (κ3) is 8.52. The summed E-state index contributed by atoms with van der Waals surface area (Å²) in [5.41, 5.74) is 0. The predicted molar refractivity (Wildman–Crippen MR) is 59.7 cm³/mol. The van der Waals surface area contributed by atoms with Crippen LogP contribution >= 0.6 is 7.26 Å². The van der Waals surface area contributed by atoms with Crippen LogP contribution in [0.1, 0.15) is 19.8 Å². The van der Waals surface area contributed by atoms with Crippen LogP contribution in [-0.2, 0) is 9.53 Å². The maximum absolute atomic E-state index is 10.8. The van der Waals surface area contributed by atoms with Gasteiger partial charge in [0.15, 0.2) is 6.35 Å². The van der Waals surface area contributed by atoms with Gasteiger partial charge >= 0.3 is 5.97 Å². The van der Waals surface area contributed by atoms with Crippen molar-refractivity contribution in [1.29, 1.82) is 0 Å². The Hall–Kier alpha value is -0.0700. The molecule has 4 heteroatoms. The first-order valence-corrected chi connectivity index (χ1v) is 7.68. The van der Waals surface area contributed by atoms with Gasteiger partial charge in [0.2, 0.25) is 0 Å². The van der Waals surface area contributed by atoms with Crippen molar-refractivity contribution >= 4 is 13.2 Å². The maximum atomic E-state index is 10.8. The standard InChI is InChI=1S/C10H20O2P.ClH/c1-5-7-8-13(3,4)9-12-10(11)6-2;/h6H,2,5,7-9H2,1,3-4H3;1H/q+1;/p-1. The van der Waals surface area contributed by atoms with Gasteiger partial charge in [0.05, 0.1) is 19.5 Å². The lowest BCUT2D eigenvalue weighted by Crippen LogP contribution is -3.00. The monoisotopic (exact) mass is 238 g/mol. The number of hydrogen-bond acceptors (Lipinski definition) is 2. The Morgan fingerprint density at radius 3 is 2.50 bits per heavy atom. The maximum Gasteiger partial charge on any atom is 0.333 e. The molecule has 0 aromatic carbocycles. The molecular formula is C10H20ClO2P.